The Morgan fingerprint density at radius 2 is 1.54 bits per heavy atom. The van der Waals surface area contributed by atoms with Crippen molar-refractivity contribution in [1.82, 2.24) is 20.7 Å². The van der Waals surface area contributed by atoms with Crippen molar-refractivity contribution in [2.45, 2.75) is 107 Å². The molecule has 10 nitrogen and oxygen atoms in total. The van der Waals surface area contributed by atoms with E-state index >= 15 is 0 Å². The number of hydrogen-bond acceptors (Lipinski definition) is 7. The van der Waals surface area contributed by atoms with Crippen LogP contribution in [0.15, 0.2) is 12.1 Å². The molecule has 3 amide bonds. The summed E-state index contributed by atoms with van der Waals surface area (Å²) in [5.41, 5.74) is 0. The molecular formula is C26H42N4O6S. The fraction of sp³-hybridized carbons (Fsp3) is 0.731. The minimum absolute atomic E-state index is 0.0489. The standard InChI is InChI=1S/C26H42N4O6S/c31-21(13-10-9-12-20-25-19(18-37-20)28-26(35)29-25)27-17-11-7-5-3-1-2-4-6-8-14-24(34)36-30-22(32)15-16-23(30)33/h15-16,19-20,25,32-33H,1-14,17-18H2,(H,27,31)(H2,28,29,35)/t19-,20?,25-/m0/s1. The third-order valence-corrected chi connectivity index (χ3v) is 8.46. The maximum atomic E-state index is 12.0. The molecule has 3 rings (SSSR count). The summed E-state index contributed by atoms with van der Waals surface area (Å²) in [6.45, 7) is 0.743. The van der Waals surface area contributed by atoms with Crippen molar-refractivity contribution in [3.05, 3.63) is 12.1 Å². The Morgan fingerprint density at radius 1 is 0.919 bits per heavy atom. The van der Waals surface area contributed by atoms with Crippen molar-refractivity contribution in [2.75, 3.05) is 12.3 Å². The number of carbonyl (C=O) groups is 3. The van der Waals surface area contributed by atoms with Gasteiger partial charge >= 0.3 is 12.0 Å². The number of nitrogens with one attached hydrogen (secondary N) is 3. The molecule has 0 spiro atoms. The van der Waals surface area contributed by atoms with Crippen LogP contribution in [0.1, 0.15) is 89.9 Å². The van der Waals surface area contributed by atoms with E-state index in [-0.39, 0.29) is 42.2 Å². The molecular weight excluding hydrogens is 496 g/mol. The molecule has 0 saturated carbocycles. The molecule has 1 aromatic rings. The predicted molar refractivity (Wildman–Crippen MR) is 142 cm³/mol. The summed E-state index contributed by atoms with van der Waals surface area (Å²) < 4.78 is 0.719. The molecule has 0 radical (unpaired) electrons. The van der Waals surface area contributed by atoms with Gasteiger partial charge in [-0.3, -0.25) is 4.79 Å². The second-order valence-corrected chi connectivity index (χ2v) is 11.2. The number of urea groups is 1. The van der Waals surface area contributed by atoms with E-state index in [0.717, 1.165) is 74.8 Å². The van der Waals surface area contributed by atoms with Gasteiger partial charge in [-0.25, -0.2) is 9.59 Å². The number of hydrogen-bond donors (Lipinski definition) is 5. The molecule has 2 aliphatic heterocycles. The van der Waals surface area contributed by atoms with E-state index in [0.29, 0.717) is 11.7 Å². The van der Waals surface area contributed by atoms with Gasteiger partial charge in [0.05, 0.1) is 12.1 Å². The highest BCUT2D eigenvalue weighted by Crippen LogP contribution is 2.33. The van der Waals surface area contributed by atoms with E-state index in [9.17, 15) is 24.6 Å². The first kappa shape index (κ1) is 29.0. The number of rotatable bonds is 18. The van der Waals surface area contributed by atoms with E-state index in [1.54, 1.807) is 0 Å². The maximum absolute atomic E-state index is 12.0. The van der Waals surface area contributed by atoms with Crippen LogP contribution in [-0.4, -0.2) is 62.5 Å². The monoisotopic (exact) mass is 538 g/mol. The summed E-state index contributed by atoms with van der Waals surface area (Å²) >= 11 is 1.92. The zero-order chi connectivity index (χ0) is 26.5. The van der Waals surface area contributed by atoms with Crippen molar-refractivity contribution in [2.24, 2.45) is 0 Å². The van der Waals surface area contributed by atoms with Gasteiger partial charge in [0.1, 0.15) is 0 Å². The lowest BCUT2D eigenvalue weighted by Gasteiger charge is -2.16. The van der Waals surface area contributed by atoms with Gasteiger partial charge in [0, 0.05) is 42.5 Å². The number of aromatic hydroxyl groups is 2. The van der Waals surface area contributed by atoms with Gasteiger partial charge in [-0.2, -0.15) is 11.8 Å². The van der Waals surface area contributed by atoms with Crippen LogP contribution in [0.3, 0.4) is 0 Å². The molecule has 5 N–H and O–H groups in total. The van der Waals surface area contributed by atoms with Crippen LogP contribution < -0.4 is 20.8 Å². The maximum Gasteiger partial charge on any atom is 0.333 e. The largest absolute Gasteiger partial charge is 0.492 e. The number of nitrogens with zero attached hydrogens (tertiary/aromatic N) is 1. The van der Waals surface area contributed by atoms with E-state index in [2.05, 4.69) is 16.0 Å². The summed E-state index contributed by atoms with van der Waals surface area (Å²) in [4.78, 5) is 40.2. The quantitative estimate of drug-likeness (QED) is 0.142. The molecule has 0 bridgehead atoms. The summed E-state index contributed by atoms with van der Waals surface area (Å²) in [5.74, 6) is 0.0164. The third kappa shape index (κ3) is 10.0. The fourth-order valence-corrected chi connectivity index (χ4v) is 6.41. The first-order valence-electron chi connectivity index (χ1n) is 13.7. The second kappa shape index (κ2) is 15.6. The van der Waals surface area contributed by atoms with Gasteiger partial charge in [-0.15, -0.1) is 4.73 Å². The zero-order valence-electron chi connectivity index (χ0n) is 21.6. The normalized spacial score (nSPS) is 20.3. The smallest absolute Gasteiger partial charge is 0.333 e. The van der Waals surface area contributed by atoms with E-state index in [1.165, 1.54) is 31.4 Å². The van der Waals surface area contributed by atoms with Crippen LogP contribution in [0.2, 0.25) is 0 Å². The van der Waals surface area contributed by atoms with Crippen molar-refractivity contribution in [3.63, 3.8) is 0 Å². The average molecular weight is 539 g/mol. The Balaban J connectivity index is 1.05. The second-order valence-electron chi connectivity index (χ2n) is 9.96. The zero-order valence-corrected chi connectivity index (χ0v) is 22.4. The highest BCUT2D eigenvalue weighted by atomic mass is 32.2. The Kier molecular flexibility index (Phi) is 12.3. The summed E-state index contributed by atoms with van der Waals surface area (Å²) in [6, 6.07) is 2.96. The van der Waals surface area contributed by atoms with Gasteiger partial charge in [0.25, 0.3) is 0 Å². The molecule has 2 saturated heterocycles. The van der Waals surface area contributed by atoms with Gasteiger partial charge < -0.3 is 31.0 Å². The summed E-state index contributed by atoms with van der Waals surface area (Å²) in [7, 11) is 0. The van der Waals surface area contributed by atoms with Crippen LogP contribution >= 0.6 is 11.8 Å². The molecule has 2 fully saturated rings. The Bertz CT molecular complexity index is 860. The van der Waals surface area contributed by atoms with Gasteiger partial charge in [-0.1, -0.05) is 51.4 Å². The van der Waals surface area contributed by atoms with Crippen LogP contribution in [-0.2, 0) is 9.59 Å². The van der Waals surface area contributed by atoms with Crippen LogP contribution in [0.5, 0.6) is 11.8 Å². The molecule has 2 aliphatic rings. The number of aromatic nitrogens is 1. The molecule has 3 atom stereocenters. The topological polar surface area (TPSA) is 142 Å². The molecule has 0 aromatic carbocycles. The number of fused-ring (bicyclic) bond motifs is 1. The summed E-state index contributed by atoms with van der Waals surface area (Å²) in [6.07, 6.45) is 13.3. The minimum Gasteiger partial charge on any atom is -0.492 e. The highest BCUT2D eigenvalue weighted by molar-refractivity contribution is 8.00. The molecule has 3 heterocycles. The Hall–Kier alpha value is -2.56. The molecule has 37 heavy (non-hydrogen) atoms. The van der Waals surface area contributed by atoms with Crippen molar-refractivity contribution in [3.8, 4) is 11.8 Å². The molecule has 0 aliphatic carbocycles. The number of thioether (sulfide) groups is 1. The van der Waals surface area contributed by atoms with Gasteiger partial charge in [0.15, 0.2) is 0 Å². The fourth-order valence-electron chi connectivity index (χ4n) is 4.86. The van der Waals surface area contributed by atoms with Crippen molar-refractivity contribution >= 4 is 29.7 Å². The molecule has 1 unspecified atom stereocenters. The third-order valence-electron chi connectivity index (χ3n) is 6.95. The lowest BCUT2D eigenvalue weighted by molar-refractivity contribution is -0.145. The van der Waals surface area contributed by atoms with Crippen molar-refractivity contribution < 1.29 is 29.4 Å². The van der Waals surface area contributed by atoms with Crippen LogP contribution in [0.25, 0.3) is 0 Å². The lowest BCUT2D eigenvalue weighted by atomic mass is 10.0. The molecule has 1 aromatic heterocycles. The van der Waals surface area contributed by atoms with E-state index in [4.69, 9.17) is 4.84 Å². The Morgan fingerprint density at radius 3 is 2.24 bits per heavy atom. The Labute approximate surface area is 223 Å². The molecule has 208 valence electrons. The number of unbranched alkanes of at least 4 members (excludes halogenated alkanes) is 9. The van der Waals surface area contributed by atoms with Gasteiger partial charge in [-0.05, 0) is 25.7 Å². The number of carbonyl (C=O) groups excluding carboxylic acids is 3. The van der Waals surface area contributed by atoms with E-state index < -0.39 is 5.97 Å². The van der Waals surface area contributed by atoms with Gasteiger partial charge in [0.2, 0.25) is 17.7 Å². The predicted octanol–water partition coefficient (Wildman–Crippen LogP) is 3.60. The average Bonchev–Trinajstić information content (AvgIpc) is 3.52. The van der Waals surface area contributed by atoms with Crippen LogP contribution in [0.4, 0.5) is 4.79 Å². The highest BCUT2D eigenvalue weighted by Gasteiger charge is 2.42. The first-order chi connectivity index (χ1) is 17.9. The first-order valence-corrected chi connectivity index (χ1v) is 14.7. The summed E-state index contributed by atoms with van der Waals surface area (Å²) in [5, 5.41) is 28.4. The van der Waals surface area contributed by atoms with Crippen LogP contribution in [0, 0.1) is 0 Å². The molecule has 11 heteroatoms. The minimum atomic E-state index is -0.479. The van der Waals surface area contributed by atoms with Crippen molar-refractivity contribution in [1.29, 1.82) is 0 Å². The van der Waals surface area contributed by atoms with E-state index in [1.807, 2.05) is 11.8 Å². The lowest BCUT2D eigenvalue weighted by Crippen LogP contribution is -2.36. The number of amides is 3. The SMILES string of the molecule is O=C(CCCCC1SC[C@@H]2NC(=O)N[C@H]12)NCCCCCCCCCCCC(=O)On1c(O)ccc1O.